The second-order valence-electron chi connectivity index (χ2n) is 7.78. The van der Waals surface area contributed by atoms with E-state index in [4.69, 9.17) is 9.47 Å². The van der Waals surface area contributed by atoms with Gasteiger partial charge in [0.15, 0.2) is 5.96 Å². The lowest BCUT2D eigenvalue weighted by atomic mass is 10.1. The fourth-order valence-electron chi connectivity index (χ4n) is 3.78. The lowest BCUT2D eigenvalue weighted by Crippen LogP contribution is -2.47. The van der Waals surface area contributed by atoms with Gasteiger partial charge in [0.2, 0.25) is 0 Å². The number of nitrogens with one attached hydrogen (secondary N) is 1. The summed E-state index contributed by atoms with van der Waals surface area (Å²) in [5, 5.41) is 3.49. The molecule has 0 spiro atoms. The molecule has 1 fully saturated rings. The Balaban J connectivity index is 0.00000306. The molecule has 6 nitrogen and oxygen atoms in total. The average Bonchev–Trinajstić information content (AvgIpc) is 2.86. The van der Waals surface area contributed by atoms with Crippen molar-refractivity contribution in [3.8, 4) is 11.5 Å². The molecule has 0 unspecified atom stereocenters. The molecule has 3 aromatic rings. The molecule has 0 aliphatic carbocycles. The fraction of sp³-hybridized carbons (Fsp3) is 0.308. The van der Waals surface area contributed by atoms with Crippen LogP contribution in [0, 0.1) is 0 Å². The van der Waals surface area contributed by atoms with E-state index < -0.39 is 0 Å². The summed E-state index contributed by atoms with van der Waals surface area (Å²) in [6, 6.07) is 24.0. The molecule has 0 bridgehead atoms. The minimum atomic E-state index is 0. The number of hydrogen-bond acceptors (Lipinski definition) is 4. The minimum Gasteiger partial charge on any atom is -0.490 e. The van der Waals surface area contributed by atoms with Gasteiger partial charge in [-0.1, -0.05) is 36.4 Å². The normalized spacial score (nSPS) is 14.3. The average molecular weight is 558 g/mol. The highest BCUT2D eigenvalue weighted by molar-refractivity contribution is 14.0. The van der Waals surface area contributed by atoms with Gasteiger partial charge in [-0.15, -0.1) is 24.0 Å². The van der Waals surface area contributed by atoms with Gasteiger partial charge < -0.3 is 19.7 Å². The van der Waals surface area contributed by atoms with Crippen LogP contribution in [0.4, 0.5) is 0 Å². The zero-order valence-corrected chi connectivity index (χ0v) is 21.2. The second kappa shape index (κ2) is 13.0. The number of pyridine rings is 1. The van der Waals surface area contributed by atoms with Crippen molar-refractivity contribution in [3.63, 3.8) is 0 Å². The number of ether oxygens (including phenoxy) is 2. The molecular formula is C26H31IN4O2. The highest BCUT2D eigenvalue weighted by Crippen LogP contribution is 2.19. The van der Waals surface area contributed by atoms with Crippen molar-refractivity contribution in [2.45, 2.75) is 32.1 Å². The molecule has 1 aromatic heterocycles. The van der Waals surface area contributed by atoms with Gasteiger partial charge in [-0.25, -0.2) is 0 Å². The Bertz CT molecular complexity index is 993. The third-order valence-electron chi connectivity index (χ3n) is 5.46. The first kappa shape index (κ1) is 24.8. The number of para-hydroxylation sites is 1. The van der Waals surface area contributed by atoms with Crippen LogP contribution in [0.15, 0.2) is 84.0 Å². The number of hydrogen-bond donors (Lipinski definition) is 1. The van der Waals surface area contributed by atoms with Crippen LogP contribution in [0.1, 0.15) is 24.1 Å². The van der Waals surface area contributed by atoms with Gasteiger partial charge in [0, 0.05) is 45.7 Å². The first-order valence-electron chi connectivity index (χ1n) is 11.1. The molecule has 1 aliphatic rings. The van der Waals surface area contributed by atoms with Crippen LogP contribution in [0.3, 0.4) is 0 Å². The van der Waals surface area contributed by atoms with E-state index in [9.17, 15) is 0 Å². The van der Waals surface area contributed by atoms with Gasteiger partial charge in [-0.05, 0) is 42.0 Å². The Hall–Kier alpha value is -2.81. The Kier molecular flexibility index (Phi) is 9.80. The first-order chi connectivity index (χ1) is 15.8. The Morgan fingerprint density at radius 1 is 1.00 bits per heavy atom. The lowest BCUT2D eigenvalue weighted by Gasteiger charge is -2.34. The Morgan fingerprint density at radius 3 is 2.48 bits per heavy atom. The Morgan fingerprint density at radius 2 is 1.76 bits per heavy atom. The maximum absolute atomic E-state index is 6.11. The highest BCUT2D eigenvalue weighted by Gasteiger charge is 2.22. The van der Waals surface area contributed by atoms with Gasteiger partial charge in [-0.2, -0.15) is 0 Å². The van der Waals surface area contributed by atoms with Crippen molar-refractivity contribution in [3.05, 3.63) is 90.3 Å². The van der Waals surface area contributed by atoms with Gasteiger partial charge in [0.05, 0.1) is 5.69 Å². The van der Waals surface area contributed by atoms with Crippen LogP contribution in [-0.4, -0.2) is 42.1 Å². The summed E-state index contributed by atoms with van der Waals surface area (Å²) in [5.74, 6) is 2.70. The van der Waals surface area contributed by atoms with Gasteiger partial charge in [-0.3, -0.25) is 9.98 Å². The zero-order chi connectivity index (χ0) is 22.0. The number of nitrogens with zero attached hydrogens (tertiary/aromatic N) is 3. The van der Waals surface area contributed by atoms with Gasteiger partial charge >= 0.3 is 0 Å². The van der Waals surface area contributed by atoms with Crippen molar-refractivity contribution in [2.24, 2.45) is 4.99 Å². The summed E-state index contributed by atoms with van der Waals surface area (Å²) in [7, 11) is 1.83. The van der Waals surface area contributed by atoms with E-state index in [0.29, 0.717) is 13.2 Å². The van der Waals surface area contributed by atoms with Gasteiger partial charge in [0.1, 0.15) is 24.2 Å². The van der Waals surface area contributed by atoms with Crippen molar-refractivity contribution >= 4 is 29.9 Å². The molecule has 2 aromatic carbocycles. The molecule has 2 heterocycles. The number of benzene rings is 2. The summed E-state index contributed by atoms with van der Waals surface area (Å²) < 4.78 is 12.0. The van der Waals surface area contributed by atoms with Crippen molar-refractivity contribution in [1.29, 1.82) is 0 Å². The number of likely N-dealkylation sites (tertiary alicyclic amines) is 1. The van der Waals surface area contributed by atoms with Crippen molar-refractivity contribution in [2.75, 3.05) is 20.1 Å². The SMILES string of the molecule is CN=C(NCc1cccc(OCc2ccccn2)c1)N1CCC(Oc2ccccc2)CC1.I. The molecule has 0 saturated carbocycles. The monoisotopic (exact) mass is 558 g/mol. The summed E-state index contributed by atoms with van der Waals surface area (Å²) in [5.41, 5.74) is 2.06. The fourth-order valence-corrected chi connectivity index (χ4v) is 3.78. The predicted octanol–water partition coefficient (Wildman–Crippen LogP) is 4.90. The molecule has 1 aliphatic heterocycles. The van der Waals surface area contributed by atoms with Crippen molar-refractivity contribution < 1.29 is 9.47 Å². The van der Waals surface area contributed by atoms with Crippen LogP contribution < -0.4 is 14.8 Å². The zero-order valence-electron chi connectivity index (χ0n) is 18.9. The number of aromatic nitrogens is 1. The number of guanidine groups is 1. The van der Waals surface area contributed by atoms with E-state index in [2.05, 4.69) is 32.3 Å². The minimum absolute atomic E-state index is 0. The quantitative estimate of drug-likeness (QED) is 0.254. The molecular weight excluding hydrogens is 527 g/mol. The summed E-state index contributed by atoms with van der Waals surface area (Å²) in [4.78, 5) is 11.1. The van der Waals surface area contributed by atoms with Crippen LogP contribution >= 0.6 is 24.0 Å². The van der Waals surface area contributed by atoms with Gasteiger partial charge in [0.25, 0.3) is 0 Å². The molecule has 4 rings (SSSR count). The molecule has 33 heavy (non-hydrogen) atoms. The van der Waals surface area contributed by atoms with Crippen molar-refractivity contribution in [1.82, 2.24) is 15.2 Å². The number of aliphatic imine (C=N–C) groups is 1. The van der Waals surface area contributed by atoms with Crippen LogP contribution in [0.5, 0.6) is 11.5 Å². The third kappa shape index (κ3) is 7.63. The molecule has 1 N–H and O–H groups in total. The smallest absolute Gasteiger partial charge is 0.193 e. The summed E-state index contributed by atoms with van der Waals surface area (Å²) in [6.45, 7) is 2.99. The lowest BCUT2D eigenvalue weighted by molar-refractivity contribution is 0.129. The number of rotatable bonds is 7. The molecule has 0 atom stereocenters. The summed E-state index contributed by atoms with van der Waals surface area (Å²) >= 11 is 0. The summed E-state index contributed by atoms with van der Waals surface area (Å²) in [6.07, 6.45) is 3.99. The molecule has 174 valence electrons. The predicted molar refractivity (Wildman–Crippen MR) is 142 cm³/mol. The molecule has 0 radical (unpaired) electrons. The van der Waals surface area contributed by atoms with E-state index >= 15 is 0 Å². The first-order valence-corrected chi connectivity index (χ1v) is 11.1. The molecule has 1 saturated heterocycles. The largest absolute Gasteiger partial charge is 0.490 e. The Labute approximate surface area is 213 Å². The van der Waals surface area contributed by atoms with E-state index in [1.165, 1.54) is 0 Å². The third-order valence-corrected chi connectivity index (χ3v) is 5.46. The highest BCUT2D eigenvalue weighted by atomic mass is 127. The van der Waals surface area contributed by atoms with E-state index in [0.717, 1.165) is 54.6 Å². The van der Waals surface area contributed by atoms with E-state index in [1.54, 1.807) is 6.20 Å². The van der Waals surface area contributed by atoms with E-state index in [1.807, 2.05) is 67.7 Å². The maximum Gasteiger partial charge on any atom is 0.193 e. The van der Waals surface area contributed by atoms with E-state index in [-0.39, 0.29) is 30.1 Å². The van der Waals surface area contributed by atoms with Crippen LogP contribution in [0.2, 0.25) is 0 Å². The van der Waals surface area contributed by atoms with Crippen LogP contribution in [-0.2, 0) is 13.2 Å². The maximum atomic E-state index is 6.11. The number of halogens is 1. The topological polar surface area (TPSA) is 59.0 Å². The number of piperidine rings is 1. The molecule has 7 heteroatoms. The van der Waals surface area contributed by atoms with Crippen LogP contribution in [0.25, 0.3) is 0 Å². The second-order valence-corrected chi connectivity index (χ2v) is 7.78. The standard InChI is InChI=1S/C26H30N4O2.HI/c1-27-26(30-16-13-24(14-17-30)32-23-10-3-2-4-11-23)29-19-21-8-7-12-25(18-21)31-20-22-9-5-6-15-28-22;/h2-12,15,18,24H,13-14,16-17,19-20H2,1H3,(H,27,29);1H. The molecule has 0 amide bonds.